The number of benzene rings is 2. The van der Waals surface area contributed by atoms with Crippen molar-refractivity contribution < 1.29 is 14.1 Å². The van der Waals surface area contributed by atoms with Gasteiger partial charge in [-0.3, -0.25) is 9.59 Å². The van der Waals surface area contributed by atoms with Gasteiger partial charge in [0.15, 0.2) is 5.78 Å². The van der Waals surface area contributed by atoms with E-state index in [4.69, 9.17) is 16.1 Å². The summed E-state index contributed by atoms with van der Waals surface area (Å²) in [5.41, 5.74) is 1.59. The number of amides is 1. The minimum Gasteiger partial charge on any atom is -0.343 e. The van der Waals surface area contributed by atoms with Gasteiger partial charge in [-0.15, -0.1) is 0 Å². The number of aromatic nitrogens is 2. The topological polar surface area (TPSA) is 76.3 Å². The number of hydrogen-bond acceptors (Lipinski definition) is 5. The number of ketones is 1. The summed E-state index contributed by atoms with van der Waals surface area (Å²) in [6, 6.07) is 16.6. The van der Waals surface area contributed by atoms with Gasteiger partial charge in [0.2, 0.25) is 17.6 Å². The third-order valence-corrected chi connectivity index (χ3v) is 5.88. The summed E-state index contributed by atoms with van der Waals surface area (Å²) in [6.07, 6.45) is 3.05. The molecule has 0 N–H and O–H groups in total. The van der Waals surface area contributed by atoms with Gasteiger partial charge in [-0.1, -0.05) is 47.1 Å². The average Bonchev–Trinajstić information content (AvgIpc) is 3.28. The van der Waals surface area contributed by atoms with Gasteiger partial charge in [0, 0.05) is 48.0 Å². The van der Waals surface area contributed by atoms with Crippen LogP contribution in [0.3, 0.4) is 0 Å². The van der Waals surface area contributed by atoms with Crippen LogP contribution in [-0.4, -0.2) is 39.8 Å². The lowest BCUT2D eigenvalue weighted by molar-refractivity contribution is -0.132. The molecule has 1 amide bonds. The molecular weight excluding hydrogens is 414 g/mol. The van der Waals surface area contributed by atoms with Crippen LogP contribution < -0.4 is 0 Å². The zero-order chi connectivity index (χ0) is 21.6. The second-order valence-electron chi connectivity index (χ2n) is 7.76. The van der Waals surface area contributed by atoms with Crippen LogP contribution in [0.5, 0.6) is 0 Å². The van der Waals surface area contributed by atoms with Crippen molar-refractivity contribution in [3.05, 3.63) is 71.1 Å². The van der Waals surface area contributed by atoms with E-state index in [1.54, 1.807) is 12.1 Å². The lowest BCUT2D eigenvalue weighted by Crippen LogP contribution is -2.40. The number of carbonyl (C=O) groups excluding carboxylic acids is 2. The predicted octanol–water partition coefficient (Wildman–Crippen LogP) is 4.83. The zero-order valence-electron chi connectivity index (χ0n) is 17.2. The van der Waals surface area contributed by atoms with Crippen molar-refractivity contribution in [1.29, 1.82) is 0 Å². The van der Waals surface area contributed by atoms with Crippen molar-refractivity contribution >= 4 is 23.3 Å². The quantitative estimate of drug-likeness (QED) is 0.494. The zero-order valence-corrected chi connectivity index (χ0v) is 17.9. The second-order valence-corrected chi connectivity index (χ2v) is 8.19. The number of halogens is 1. The highest BCUT2D eigenvalue weighted by Crippen LogP contribution is 2.23. The third-order valence-electron chi connectivity index (χ3n) is 5.63. The van der Waals surface area contributed by atoms with Crippen LogP contribution in [-0.2, 0) is 11.2 Å². The molecule has 0 saturated carbocycles. The van der Waals surface area contributed by atoms with E-state index in [1.807, 2.05) is 47.4 Å². The Bertz CT molecular complexity index is 1030. The van der Waals surface area contributed by atoms with Crippen molar-refractivity contribution in [2.24, 2.45) is 5.92 Å². The fourth-order valence-electron chi connectivity index (χ4n) is 3.85. The van der Waals surface area contributed by atoms with Crippen LogP contribution in [0.2, 0.25) is 5.02 Å². The lowest BCUT2D eigenvalue weighted by Gasteiger charge is -2.31. The first kappa shape index (κ1) is 21.2. The molecular formula is C24H24ClN3O3. The highest BCUT2D eigenvalue weighted by molar-refractivity contribution is 6.30. The number of rotatable bonds is 7. The van der Waals surface area contributed by atoms with Crippen LogP contribution in [0.1, 0.15) is 41.9 Å². The normalized spacial score (nSPS) is 14.5. The number of piperidine rings is 1. The monoisotopic (exact) mass is 437 g/mol. The number of hydrogen-bond donors (Lipinski definition) is 0. The molecule has 3 aromatic rings. The summed E-state index contributed by atoms with van der Waals surface area (Å²) in [6.45, 7) is 1.26. The molecule has 2 aromatic carbocycles. The summed E-state index contributed by atoms with van der Waals surface area (Å²) in [4.78, 5) is 31.4. The van der Waals surface area contributed by atoms with Crippen molar-refractivity contribution in [2.45, 2.75) is 32.1 Å². The number of carbonyl (C=O) groups is 2. The maximum absolute atomic E-state index is 12.6. The van der Waals surface area contributed by atoms with Gasteiger partial charge in [0.1, 0.15) is 0 Å². The second kappa shape index (κ2) is 9.88. The SMILES string of the molecule is O=C(c1ccccc1)C1CCN(C(=O)CCCc2nc(-c3ccc(Cl)cc3)no2)CC1. The largest absolute Gasteiger partial charge is 0.343 e. The minimum absolute atomic E-state index is 0.00358. The Morgan fingerprint density at radius 1 is 1.03 bits per heavy atom. The smallest absolute Gasteiger partial charge is 0.226 e. The predicted molar refractivity (Wildman–Crippen MR) is 118 cm³/mol. The maximum Gasteiger partial charge on any atom is 0.226 e. The molecule has 2 heterocycles. The van der Waals surface area contributed by atoms with Crippen LogP contribution >= 0.6 is 11.6 Å². The van der Waals surface area contributed by atoms with E-state index < -0.39 is 0 Å². The van der Waals surface area contributed by atoms with Crippen LogP contribution in [0.15, 0.2) is 59.1 Å². The van der Waals surface area contributed by atoms with E-state index >= 15 is 0 Å². The Labute approximate surface area is 186 Å². The first-order chi connectivity index (χ1) is 15.1. The molecule has 0 aliphatic carbocycles. The molecule has 0 radical (unpaired) electrons. The van der Waals surface area contributed by atoms with Crippen LogP contribution in [0.4, 0.5) is 0 Å². The standard InChI is InChI=1S/C24H24ClN3O3/c25-20-11-9-19(10-12-20)24-26-21(31-27-24)7-4-8-22(29)28-15-13-18(14-16-28)23(30)17-5-2-1-3-6-17/h1-3,5-6,9-12,18H,4,7-8,13-16H2. The van der Waals surface area contributed by atoms with Crippen molar-refractivity contribution in [3.63, 3.8) is 0 Å². The van der Waals surface area contributed by atoms with Gasteiger partial charge < -0.3 is 9.42 Å². The average molecular weight is 438 g/mol. The van der Waals surface area contributed by atoms with E-state index in [-0.39, 0.29) is 17.6 Å². The molecule has 1 aromatic heterocycles. The van der Waals surface area contributed by atoms with Crippen molar-refractivity contribution in [1.82, 2.24) is 15.0 Å². The molecule has 7 heteroatoms. The van der Waals surface area contributed by atoms with Gasteiger partial charge in [0.05, 0.1) is 0 Å². The van der Waals surface area contributed by atoms with Crippen molar-refractivity contribution in [3.8, 4) is 11.4 Å². The molecule has 6 nitrogen and oxygen atoms in total. The third kappa shape index (κ3) is 5.39. The molecule has 160 valence electrons. The number of likely N-dealkylation sites (tertiary alicyclic amines) is 1. The highest BCUT2D eigenvalue weighted by Gasteiger charge is 2.27. The summed E-state index contributed by atoms with van der Waals surface area (Å²) in [7, 11) is 0. The maximum atomic E-state index is 12.6. The number of aryl methyl sites for hydroxylation is 1. The van der Waals surface area contributed by atoms with E-state index in [2.05, 4.69) is 10.1 Å². The Hall–Kier alpha value is -2.99. The molecule has 0 spiro atoms. The Morgan fingerprint density at radius 2 is 1.74 bits per heavy atom. The lowest BCUT2D eigenvalue weighted by atomic mass is 9.89. The fraction of sp³-hybridized carbons (Fsp3) is 0.333. The molecule has 1 aliphatic rings. The Balaban J connectivity index is 1.21. The van der Waals surface area contributed by atoms with E-state index in [1.165, 1.54) is 0 Å². The minimum atomic E-state index is -0.00358. The van der Waals surface area contributed by atoms with E-state index in [0.29, 0.717) is 61.9 Å². The summed E-state index contributed by atoms with van der Waals surface area (Å²) in [5, 5.41) is 4.65. The van der Waals surface area contributed by atoms with Gasteiger partial charge in [-0.25, -0.2) is 0 Å². The van der Waals surface area contributed by atoms with Gasteiger partial charge in [0.25, 0.3) is 0 Å². The molecule has 1 saturated heterocycles. The van der Waals surface area contributed by atoms with E-state index in [0.717, 1.165) is 11.1 Å². The fourth-order valence-corrected chi connectivity index (χ4v) is 3.98. The molecule has 0 bridgehead atoms. The van der Waals surface area contributed by atoms with Gasteiger partial charge in [-0.2, -0.15) is 4.98 Å². The molecule has 1 aliphatic heterocycles. The molecule has 31 heavy (non-hydrogen) atoms. The summed E-state index contributed by atoms with van der Waals surface area (Å²) >= 11 is 5.90. The first-order valence-corrected chi connectivity index (χ1v) is 10.9. The Morgan fingerprint density at radius 3 is 2.45 bits per heavy atom. The van der Waals surface area contributed by atoms with E-state index in [9.17, 15) is 9.59 Å². The highest BCUT2D eigenvalue weighted by atomic mass is 35.5. The van der Waals surface area contributed by atoms with Gasteiger partial charge >= 0.3 is 0 Å². The molecule has 0 unspecified atom stereocenters. The van der Waals surface area contributed by atoms with Crippen LogP contribution in [0.25, 0.3) is 11.4 Å². The molecule has 0 atom stereocenters. The summed E-state index contributed by atoms with van der Waals surface area (Å²) < 4.78 is 5.30. The van der Waals surface area contributed by atoms with Crippen LogP contribution in [0, 0.1) is 5.92 Å². The van der Waals surface area contributed by atoms with Crippen molar-refractivity contribution in [2.75, 3.05) is 13.1 Å². The first-order valence-electron chi connectivity index (χ1n) is 10.6. The number of Topliss-reactive ketones (excluding diaryl/α,β-unsaturated/α-hetero) is 1. The number of nitrogens with zero attached hydrogens (tertiary/aromatic N) is 3. The summed E-state index contributed by atoms with van der Waals surface area (Å²) in [5.74, 6) is 1.33. The molecule has 1 fully saturated rings. The van der Waals surface area contributed by atoms with Gasteiger partial charge in [-0.05, 0) is 43.5 Å². The molecule has 4 rings (SSSR count). The Kier molecular flexibility index (Phi) is 6.77.